The van der Waals surface area contributed by atoms with E-state index in [9.17, 15) is 0 Å². The number of ether oxygens (including phenoxy) is 1. The number of nitrogens with zero attached hydrogens (tertiary/aromatic N) is 3. The summed E-state index contributed by atoms with van der Waals surface area (Å²) in [5.41, 5.74) is 10.00. The van der Waals surface area contributed by atoms with E-state index < -0.39 is 5.41 Å². The minimum absolute atomic E-state index is 0.164. The predicted molar refractivity (Wildman–Crippen MR) is 183 cm³/mol. The maximum absolute atomic E-state index is 6.66. The first-order valence-electron chi connectivity index (χ1n) is 15.6. The number of anilines is 3. The van der Waals surface area contributed by atoms with Gasteiger partial charge in [0.1, 0.15) is 11.5 Å². The number of benzene rings is 5. The summed E-state index contributed by atoms with van der Waals surface area (Å²) in [5.74, 6) is 1.59. The van der Waals surface area contributed by atoms with Gasteiger partial charge in [0.25, 0.3) is 0 Å². The highest BCUT2D eigenvalue weighted by atomic mass is 16.5. The van der Waals surface area contributed by atoms with Crippen molar-refractivity contribution >= 4 is 17.1 Å². The maximum Gasteiger partial charge on any atom is 0.129 e. The van der Waals surface area contributed by atoms with Crippen LogP contribution in [0.15, 0.2) is 146 Å². The fourth-order valence-electron chi connectivity index (χ4n) is 7.56. The molecule has 0 saturated carbocycles. The average Bonchev–Trinajstić information content (AvgIpc) is 3.42. The van der Waals surface area contributed by atoms with Gasteiger partial charge >= 0.3 is 0 Å². The third-order valence-corrected chi connectivity index (χ3v) is 9.63. The lowest BCUT2D eigenvalue weighted by molar-refractivity contribution is 0.480. The van der Waals surface area contributed by atoms with Crippen LogP contribution < -0.4 is 14.5 Å². The Hall–Kier alpha value is -5.35. The van der Waals surface area contributed by atoms with Crippen molar-refractivity contribution in [2.75, 3.05) is 23.5 Å². The van der Waals surface area contributed by atoms with E-state index in [1.54, 1.807) is 0 Å². The van der Waals surface area contributed by atoms with Crippen LogP contribution in [-0.2, 0) is 10.8 Å². The minimum atomic E-state index is -0.616. The van der Waals surface area contributed by atoms with Gasteiger partial charge in [-0.15, -0.1) is 0 Å². The molecule has 0 unspecified atom stereocenters. The van der Waals surface area contributed by atoms with Crippen LogP contribution in [0.2, 0.25) is 0 Å². The van der Waals surface area contributed by atoms with Crippen LogP contribution in [0.1, 0.15) is 47.4 Å². The number of rotatable bonds is 5. The van der Waals surface area contributed by atoms with Gasteiger partial charge in [0.05, 0.1) is 29.2 Å². The Morgan fingerprint density at radius 3 is 1.89 bits per heavy atom. The summed E-state index contributed by atoms with van der Waals surface area (Å²) in [6, 6.07) is 49.5. The Kier molecular flexibility index (Phi) is 6.28. The molecule has 0 amide bonds. The zero-order valence-electron chi connectivity index (χ0n) is 25.8. The van der Waals surface area contributed by atoms with Gasteiger partial charge in [0, 0.05) is 30.4 Å². The maximum atomic E-state index is 6.66. The molecular formula is C41H35N3O. The molecule has 0 N–H and O–H groups in total. The van der Waals surface area contributed by atoms with Gasteiger partial charge in [-0.05, 0) is 76.3 Å². The molecule has 0 bridgehead atoms. The van der Waals surface area contributed by atoms with Crippen LogP contribution in [0.25, 0.3) is 0 Å². The molecule has 5 aromatic carbocycles. The fourth-order valence-corrected chi connectivity index (χ4v) is 7.56. The van der Waals surface area contributed by atoms with E-state index in [4.69, 9.17) is 9.72 Å². The van der Waals surface area contributed by atoms with Gasteiger partial charge in [-0.2, -0.15) is 0 Å². The van der Waals surface area contributed by atoms with Gasteiger partial charge in [-0.1, -0.05) is 98.8 Å². The third kappa shape index (κ3) is 4.16. The monoisotopic (exact) mass is 585 g/mol. The molecule has 2 heterocycles. The molecule has 2 aliphatic rings. The van der Waals surface area contributed by atoms with Crippen LogP contribution in [0.3, 0.4) is 0 Å². The molecule has 0 saturated heterocycles. The molecular weight excluding hydrogens is 550 g/mol. The van der Waals surface area contributed by atoms with E-state index in [-0.39, 0.29) is 5.41 Å². The van der Waals surface area contributed by atoms with E-state index in [1.807, 2.05) is 24.4 Å². The Bertz CT molecular complexity index is 1980. The number of hydrogen-bond acceptors (Lipinski definition) is 4. The van der Waals surface area contributed by atoms with Gasteiger partial charge < -0.3 is 14.5 Å². The van der Waals surface area contributed by atoms with Crippen LogP contribution in [0.5, 0.6) is 11.5 Å². The summed E-state index contributed by atoms with van der Waals surface area (Å²) in [6.45, 7) is 5.45. The molecule has 220 valence electrons. The molecule has 45 heavy (non-hydrogen) atoms. The van der Waals surface area contributed by atoms with Crippen molar-refractivity contribution in [3.8, 4) is 11.5 Å². The number of hydrogen-bond donors (Lipinski definition) is 0. The van der Waals surface area contributed by atoms with Gasteiger partial charge in [-0.25, -0.2) is 0 Å². The highest BCUT2D eigenvalue weighted by Gasteiger charge is 2.49. The summed E-state index contributed by atoms with van der Waals surface area (Å²) in [5, 5.41) is 0. The second kappa shape index (κ2) is 10.4. The number of pyridine rings is 1. The fraction of sp³-hybridized carbons (Fsp3) is 0.146. The standard InChI is InChI=1S/C41H35N3O/c1-40(2)33-18-4-6-20-35(33)41(39-24-10-11-25-42-39,36-21-7-5-19-34(36)40)29-14-12-16-31(26-29)45-32-17-13-15-30(27-32)44-28-43(3)37-22-8-9-23-38(37)44/h4-27H,28H2,1-3H3. The van der Waals surface area contributed by atoms with Gasteiger partial charge in [0.15, 0.2) is 0 Å². The normalized spacial score (nSPS) is 15.6. The quantitative estimate of drug-likeness (QED) is 0.202. The molecule has 1 aliphatic carbocycles. The Morgan fingerprint density at radius 2 is 1.20 bits per heavy atom. The van der Waals surface area contributed by atoms with Crippen molar-refractivity contribution in [3.05, 3.63) is 179 Å². The first kappa shape index (κ1) is 27.2. The summed E-state index contributed by atoms with van der Waals surface area (Å²) in [7, 11) is 2.13. The van der Waals surface area contributed by atoms with Crippen LogP contribution in [0.4, 0.5) is 17.1 Å². The molecule has 0 radical (unpaired) electrons. The Balaban J connectivity index is 1.26. The van der Waals surface area contributed by atoms with Crippen LogP contribution >= 0.6 is 0 Å². The van der Waals surface area contributed by atoms with Crippen molar-refractivity contribution in [2.24, 2.45) is 0 Å². The van der Waals surface area contributed by atoms with E-state index in [2.05, 4.69) is 152 Å². The second-order valence-electron chi connectivity index (χ2n) is 12.6. The molecule has 1 aliphatic heterocycles. The SMILES string of the molecule is CN1CN(c2cccc(Oc3cccc(C4(c5ccccn5)c5ccccc5C(C)(C)c5ccccc54)c3)c2)c2ccccc21. The number of fused-ring (bicyclic) bond motifs is 3. The molecule has 0 spiro atoms. The molecule has 4 nitrogen and oxygen atoms in total. The lowest BCUT2D eigenvalue weighted by Crippen LogP contribution is -2.42. The molecule has 6 aromatic rings. The lowest BCUT2D eigenvalue weighted by atomic mass is 9.55. The van der Waals surface area contributed by atoms with E-state index in [0.29, 0.717) is 0 Å². The van der Waals surface area contributed by atoms with E-state index >= 15 is 0 Å². The van der Waals surface area contributed by atoms with E-state index in [0.717, 1.165) is 35.1 Å². The van der Waals surface area contributed by atoms with Crippen molar-refractivity contribution in [2.45, 2.75) is 24.7 Å². The summed E-state index contributed by atoms with van der Waals surface area (Å²) in [4.78, 5) is 9.63. The highest BCUT2D eigenvalue weighted by molar-refractivity contribution is 5.82. The smallest absolute Gasteiger partial charge is 0.129 e. The average molecular weight is 586 g/mol. The number of para-hydroxylation sites is 2. The van der Waals surface area contributed by atoms with Crippen molar-refractivity contribution in [1.82, 2.24) is 4.98 Å². The zero-order valence-corrected chi connectivity index (χ0v) is 25.8. The first-order valence-corrected chi connectivity index (χ1v) is 15.6. The van der Waals surface area contributed by atoms with Crippen molar-refractivity contribution < 1.29 is 4.74 Å². The van der Waals surface area contributed by atoms with Crippen molar-refractivity contribution in [3.63, 3.8) is 0 Å². The summed E-state index contributed by atoms with van der Waals surface area (Å²) in [6.07, 6.45) is 1.90. The molecule has 0 fully saturated rings. The third-order valence-electron chi connectivity index (χ3n) is 9.63. The Labute approximate surface area is 265 Å². The van der Waals surface area contributed by atoms with Crippen LogP contribution in [-0.4, -0.2) is 18.7 Å². The van der Waals surface area contributed by atoms with E-state index in [1.165, 1.54) is 33.6 Å². The number of aromatic nitrogens is 1. The van der Waals surface area contributed by atoms with Gasteiger partial charge in [-0.3, -0.25) is 4.98 Å². The first-order chi connectivity index (χ1) is 22.0. The van der Waals surface area contributed by atoms with Gasteiger partial charge in [0.2, 0.25) is 0 Å². The molecule has 8 rings (SSSR count). The molecule has 0 atom stereocenters. The Morgan fingerprint density at radius 1 is 0.600 bits per heavy atom. The molecule has 1 aromatic heterocycles. The second-order valence-corrected chi connectivity index (χ2v) is 12.6. The highest BCUT2D eigenvalue weighted by Crippen LogP contribution is 2.55. The largest absolute Gasteiger partial charge is 0.457 e. The predicted octanol–water partition coefficient (Wildman–Crippen LogP) is 9.44. The summed E-state index contributed by atoms with van der Waals surface area (Å²) < 4.78 is 6.66. The topological polar surface area (TPSA) is 28.6 Å². The summed E-state index contributed by atoms with van der Waals surface area (Å²) >= 11 is 0. The molecule has 4 heteroatoms. The minimum Gasteiger partial charge on any atom is -0.457 e. The lowest BCUT2D eigenvalue weighted by Gasteiger charge is -2.47. The van der Waals surface area contributed by atoms with Crippen LogP contribution in [0, 0.1) is 0 Å². The zero-order chi connectivity index (χ0) is 30.6. The van der Waals surface area contributed by atoms with Crippen molar-refractivity contribution in [1.29, 1.82) is 0 Å².